The van der Waals surface area contributed by atoms with Crippen molar-refractivity contribution in [1.82, 2.24) is 9.55 Å². The van der Waals surface area contributed by atoms with Crippen LogP contribution in [0.25, 0.3) is 0 Å². The molecule has 1 fully saturated rings. The summed E-state index contributed by atoms with van der Waals surface area (Å²) in [5.41, 5.74) is 0.807. The molecule has 26 heavy (non-hydrogen) atoms. The molecule has 7 heteroatoms. The van der Waals surface area contributed by atoms with Crippen LogP contribution in [0.3, 0.4) is 0 Å². The third-order valence-electron chi connectivity index (χ3n) is 4.33. The molecule has 5 nitrogen and oxygen atoms in total. The number of hydrogen-bond donors (Lipinski definition) is 1. The number of carbonyl (C=O) groups excluding carboxylic acids is 1. The molecule has 2 heterocycles. The average molecular weight is 392 g/mol. The number of anilines is 1. The SMILES string of the molecule is Cn1ccnc1COc1ccc(NC(=O)CCCCC2CCSS2)cc1. The van der Waals surface area contributed by atoms with Gasteiger partial charge in [0.1, 0.15) is 18.2 Å². The van der Waals surface area contributed by atoms with Gasteiger partial charge in [-0.3, -0.25) is 4.79 Å². The Morgan fingerprint density at radius 2 is 2.19 bits per heavy atom. The van der Waals surface area contributed by atoms with Crippen molar-refractivity contribution in [3.05, 3.63) is 42.5 Å². The van der Waals surface area contributed by atoms with Crippen LogP contribution in [0, 0.1) is 0 Å². The van der Waals surface area contributed by atoms with Crippen molar-refractivity contribution in [2.75, 3.05) is 11.1 Å². The first-order chi connectivity index (χ1) is 12.7. The molecule has 1 atom stereocenters. The maximum Gasteiger partial charge on any atom is 0.224 e. The highest BCUT2D eigenvalue weighted by atomic mass is 33.1. The average Bonchev–Trinajstić information content (AvgIpc) is 3.30. The summed E-state index contributed by atoms with van der Waals surface area (Å²) in [6.07, 6.45) is 8.86. The van der Waals surface area contributed by atoms with E-state index in [2.05, 4.69) is 10.3 Å². The summed E-state index contributed by atoms with van der Waals surface area (Å²) in [6.45, 7) is 0.424. The molecule has 0 aliphatic carbocycles. The summed E-state index contributed by atoms with van der Waals surface area (Å²) in [5, 5.41) is 3.75. The number of imidazole rings is 1. The van der Waals surface area contributed by atoms with Gasteiger partial charge in [0.15, 0.2) is 0 Å². The van der Waals surface area contributed by atoms with E-state index in [4.69, 9.17) is 4.74 Å². The molecule has 1 aliphatic rings. The van der Waals surface area contributed by atoms with E-state index >= 15 is 0 Å². The zero-order chi connectivity index (χ0) is 18.2. The van der Waals surface area contributed by atoms with Crippen molar-refractivity contribution in [3.8, 4) is 5.75 Å². The third-order valence-corrected chi connectivity index (χ3v) is 7.34. The fourth-order valence-corrected chi connectivity index (χ4v) is 5.79. The Hall–Kier alpha value is -1.60. The second kappa shape index (κ2) is 9.92. The van der Waals surface area contributed by atoms with Gasteiger partial charge in [-0.1, -0.05) is 28.0 Å². The zero-order valence-electron chi connectivity index (χ0n) is 15.0. The Balaban J connectivity index is 1.35. The van der Waals surface area contributed by atoms with Gasteiger partial charge in [0.25, 0.3) is 0 Å². The number of aromatic nitrogens is 2. The van der Waals surface area contributed by atoms with Gasteiger partial charge in [-0.05, 0) is 43.5 Å². The van der Waals surface area contributed by atoms with E-state index < -0.39 is 0 Å². The zero-order valence-corrected chi connectivity index (χ0v) is 16.7. The Labute approximate surface area is 162 Å². The number of carbonyl (C=O) groups is 1. The predicted octanol–water partition coefficient (Wildman–Crippen LogP) is 4.65. The van der Waals surface area contributed by atoms with Crippen LogP contribution in [0.1, 0.15) is 37.9 Å². The van der Waals surface area contributed by atoms with E-state index in [9.17, 15) is 4.79 Å². The molecule has 0 spiro atoms. The van der Waals surface area contributed by atoms with E-state index in [1.54, 1.807) is 6.20 Å². The monoisotopic (exact) mass is 391 g/mol. The molecule has 0 bridgehead atoms. The van der Waals surface area contributed by atoms with Gasteiger partial charge in [-0.15, -0.1) is 0 Å². The van der Waals surface area contributed by atoms with Crippen molar-refractivity contribution in [1.29, 1.82) is 0 Å². The second-order valence-electron chi connectivity index (χ2n) is 6.39. The molecular weight excluding hydrogens is 366 g/mol. The van der Waals surface area contributed by atoms with Gasteiger partial charge in [-0.2, -0.15) is 0 Å². The molecule has 2 aromatic rings. The van der Waals surface area contributed by atoms with Gasteiger partial charge < -0.3 is 14.6 Å². The van der Waals surface area contributed by atoms with E-state index in [-0.39, 0.29) is 5.91 Å². The van der Waals surface area contributed by atoms with E-state index in [1.807, 2.05) is 63.7 Å². The second-order valence-corrected chi connectivity index (χ2v) is 9.18. The smallest absolute Gasteiger partial charge is 0.224 e. The first-order valence-corrected chi connectivity index (χ1v) is 11.4. The highest BCUT2D eigenvalue weighted by Crippen LogP contribution is 2.39. The van der Waals surface area contributed by atoms with Crippen LogP contribution in [-0.2, 0) is 18.4 Å². The lowest BCUT2D eigenvalue weighted by Gasteiger charge is -2.09. The molecule has 0 saturated carbocycles. The fourth-order valence-electron chi connectivity index (χ4n) is 2.76. The van der Waals surface area contributed by atoms with Gasteiger partial charge >= 0.3 is 0 Å². The van der Waals surface area contributed by atoms with Crippen LogP contribution in [0.5, 0.6) is 5.75 Å². The first-order valence-electron chi connectivity index (χ1n) is 8.98. The summed E-state index contributed by atoms with van der Waals surface area (Å²) < 4.78 is 7.65. The topological polar surface area (TPSA) is 56.1 Å². The molecule has 1 N–H and O–H groups in total. The van der Waals surface area contributed by atoms with Crippen molar-refractivity contribution in [3.63, 3.8) is 0 Å². The van der Waals surface area contributed by atoms with Gasteiger partial charge in [-0.25, -0.2) is 4.98 Å². The molecule has 1 amide bonds. The molecule has 3 rings (SSSR count). The summed E-state index contributed by atoms with van der Waals surface area (Å²) >= 11 is 0. The molecule has 1 unspecified atom stereocenters. The molecular formula is C19H25N3O2S2. The van der Waals surface area contributed by atoms with Crippen LogP contribution >= 0.6 is 21.6 Å². The fraction of sp³-hybridized carbons (Fsp3) is 0.474. The minimum Gasteiger partial charge on any atom is -0.486 e. The Kier molecular flexibility index (Phi) is 7.32. The maximum atomic E-state index is 12.0. The number of nitrogens with one attached hydrogen (secondary N) is 1. The normalized spacial score (nSPS) is 16.6. The standard InChI is InChI=1S/C19H25N3O2S2/c1-22-12-11-20-18(22)14-24-16-8-6-15(7-9-16)21-19(23)5-3-2-4-17-10-13-25-26-17/h6-9,11-12,17H,2-5,10,13-14H2,1H3,(H,21,23). The molecule has 1 saturated heterocycles. The molecule has 1 aromatic heterocycles. The highest BCUT2D eigenvalue weighted by Gasteiger charge is 2.15. The third kappa shape index (κ3) is 5.99. The van der Waals surface area contributed by atoms with E-state index in [1.165, 1.54) is 18.6 Å². The Morgan fingerprint density at radius 3 is 2.88 bits per heavy atom. The summed E-state index contributed by atoms with van der Waals surface area (Å²) in [4.78, 5) is 16.3. The highest BCUT2D eigenvalue weighted by molar-refractivity contribution is 8.77. The number of hydrogen-bond acceptors (Lipinski definition) is 5. The van der Waals surface area contributed by atoms with Crippen molar-refractivity contribution >= 4 is 33.2 Å². The minimum atomic E-state index is 0.0835. The molecule has 140 valence electrons. The van der Waals surface area contributed by atoms with Crippen LogP contribution in [-0.4, -0.2) is 26.5 Å². The molecule has 0 radical (unpaired) electrons. The largest absolute Gasteiger partial charge is 0.486 e. The lowest BCUT2D eigenvalue weighted by molar-refractivity contribution is -0.116. The lowest BCUT2D eigenvalue weighted by Crippen LogP contribution is -2.11. The Bertz CT molecular complexity index is 697. The maximum absolute atomic E-state index is 12.0. The van der Waals surface area contributed by atoms with Crippen molar-refractivity contribution in [2.24, 2.45) is 7.05 Å². The number of aryl methyl sites for hydroxylation is 1. The Morgan fingerprint density at radius 1 is 1.35 bits per heavy atom. The van der Waals surface area contributed by atoms with Gasteiger partial charge in [0.2, 0.25) is 5.91 Å². The van der Waals surface area contributed by atoms with Crippen molar-refractivity contribution < 1.29 is 9.53 Å². The number of unbranched alkanes of at least 4 members (excludes halogenated alkanes) is 1. The minimum absolute atomic E-state index is 0.0835. The summed E-state index contributed by atoms with van der Waals surface area (Å²) in [6, 6.07) is 7.48. The summed E-state index contributed by atoms with van der Waals surface area (Å²) in [7, 11) is 5.92. The van der Waals surface area contributed by atoms with Crippen LogP contribution in [0.2, 0.25) is 0 Å². The summed E-state index contributed by atoms with van der Waals surface area (Å²) in [5.74, 6) is 2.99. The van der Waals surface area contributed by atoms with E-state index in [0.717, 1.165) is 35.4 Å². The lowest BCUT2D eigenvalue weighted by atomic mass is 10.1. The number of nitrogens with zero attached hydrogens (tertiary/aromatic N) is 2. The van der Waals surface area contributed by atoms with Gasteiger partial charge in [0.05, 0.1) is 0 Å². The van der Waals surface area contributed by atoms with Crippen LogP contribution < -0.4 is 10.1 Å². The number of rotatable bonds is 9. The van der Waals surface area contributed by atoms with Crippen molar-refractivity contribution in [2.45, 2.75) is 44.0 Å². The molecule has 1 aromatic carbocycles. The quantitative estimate of drug-likeness (QED) is 0.498. The number of amides is 1. The number of ether oxygens (including phenoxy) is 1. The van der Waals surface area contributed by atoms with E-state index in [0.29, 0.717) is 13.0 Å². The van der Waals surface area contributed by atoms with Crippen LogP contribution in [0.4, 0.5) is 5.69 Å². The van der Waals surface area contributed by atoms with Gasteiger partial charge in [0, 0.05) is 42.6 Å². The molecule has 1 aliphatic heterocycles. The first kappa shape index (κ1) is 19.2. The number of benzene rings is 1. The predicted molar refractivity (Wildman–Crippen MR) is 110 cm³/mol. The van der Waals surface area contributed by atoms with Crippen LogP contribution in [0.15, 0.2) is 36.7 Å².